The standard InChI is InChI=1S/C41H39ClN6O4/c1-28(11-8-9-22-46-26-37(43-45-46)34(27-49)30-13-4-2-5-14-30)41(52)35-24-32(42)18-20-38(35)47(40(41)51)25-29-12-10-17-33(23-29)48-39(50)21-19-36(44-48)31-15-6-3-7-16-31/h2-8,10-18,20,23-24,26,28,34,49,52H,9,19,21-22,25,27H2,1H3/b11-8+/t28-,34?,41+/m1/s1. The molecule has 0 fully saturated rings. The van der Waals surface area contributed by atoms with E-state index in [9.17, 15) is 19.8 Å². The fourth-order valence-electron chi connectivity index (χ4n) is 6.92. The van der Waals surface area contributed by atoms with Crippen LogP contribution in [0.15, 0.2) is 127 Å². The van der Waals surface area contributed by atoms with Crippen LogP contribution in [-0.4, -0.2) is 49.3 Å². The number of anilines is 2. The van der Waals surface area contributed by atoms with E-state index in [0.717, 1.165) is 22.4 Å². The minimum Gasteiger partial charge on any atom is -0.395 e. The Hall–Kier alpha value is -5.42. The molecular weight excluding hydrogens is 676 g/mol. The highest BCUT2D eigenvalue weighted by Crippen LogP contribution is 2.47. The molecule has 2 aliphatic rings. The van der Waals surface area contributed by atoms with Crippen LogP contribution in [0.25, 0.3) is 0 Å². The molecule has 52 heavy (non-hydrogen) atoms. The van der Waals surface area contributed by atoms with Gasteiger partial charge in [0.05, 0.1) is 41.8 Å². The maximum absolute atomic E-state index is 14.2. The first-order valence-corrected chi connectivity index (χ1v) is 17.8. The minimum absolute atomic E-state index is 0.0804. The Morgan fingerprint density at radius 2 is 1.71 bits per heavy atom. The van der Waals surface area contributed by atoms with Gasteiger partial charge in [-0.1, -0.05) is 109 Å². The number of aryl methyl sites for hydroxylation is 1. The van der Waals surface area contributed by atoms with Crippen molar-refractivity contribution in [2.45, 2.75) is 50.8 Å². The molecule has 2 aliphatic heterocycles. The molecule has 11 heteroatoms. The van der Waals surface area contributed by atoms with Gasteiger partial charge >= 0.3 is 0 Å². The zero-order chi connectivity index (χ0) is 36.2. The highest BCUT2D eigenvalue weighted by molar-refractivity contribution is 6.31. The van der Waals surface area contributed by atoms with Gasteiger partial charge in [0.2, 0.25) is 5.91 Å². The van der Waals surface area contributed by atoms with Crippen LogP contribution in [0.5, 0.6) is 0 Å². The first-order chi connectivity index (χ1) is 25.3. The number of hydrazone groups is 1. The van der Waals surface area contributed by atoms with Gasteiger partial charge in [-0.2, -0.15) is 5.10 Å². The lowest BCUT2D eigenvalue weighted by atomic mass is 9.83. The van der Waals surface area contributed by atoms with Crippen molar-refractivity contribution in [3.8, 4) is 0 Å². The summed E-state index contributed by atoms with van der Waals surface area (Å²) in [4.78, 5) is 28.8. The van der Waals surface area contributed by atoms with Gasteiger partial charge in [-0.25, -0.2) is 5.01 Å². The van der Waals surface area contributed by atoms with Gasteiger partial charge in [0, 0.05) is 42.1 Å². The molecule has 1 aromatic heterocycles. The van der Waals surface area contributed by atoms with Crippen molar-refractivity contribution >= 4 is 40.5 Å². The predicted octanol–water partition coefficient (Wildman–Crippen LogP) is 6.60. The van der Waals surface area contributed by atoms with Crippen LogP contribution >= 0.6 is 11.6 Å². The highest BCUT2D eigenvalue weighted by atomic mass is 35.5. The summed E-state index contributed by atoms with van der Waals surface area (Å²) in [6, 6.07) is 32.0. The third kappa shape index (κ3) is 6.92. The normalized spacial score (nSPS) is 18.5. The third-order valence-corrected chi connectivity index (χ3v) is 10.0. The van der Waals surface area contributed by atoms with E-state index in [1.807, 2.05) is 110 Å². The van der Waals surface area contributed by atoms with Gasteiger partial charge in [0.25, 0.3) is 5.91 Å². The van der Waals surface area contributed by atoms with E-state index in [4.69, 9.17) is 16.7 Å². The lowest BCUT2D eigenvalue weighted by Crippen LogP contribution is -2.44. The van der Waals surface area contributed by atoms with Gasteiger partial charge in [-0.3, -0.25) is 14.3 Å². The molecule has 3 heterocycles. The summed E-state index contributed by atoms with van der Waals surface area (Å²) in [5.74, 6) is -1.41. The first-order valence-electron chi connectivity index (χ1n) is 17.4. The van der Waals surface area contributed by atoms with Gasteiger partial charge in [-0.05, 0) is 53.4 Å². The number of carbonyl (C=O) groups is 2. The Balaban J connectivity index is 1.06. The largest absolute Gasteiger partial charge is 0.395 e. The van der Waals surface area contributed by atoms with Gasteiger partial charge < -0.3 is 15.1 Å². The van der Waals surface area contributed by atoms with Gasteiger partial charge in [-0.15, -0.1) is 5.10 Å². The molecule has 0 bridgehead atoms. The van der Waals surface area contributed by atoms with Crippen molar-refractivity contribution in [3.05, 3.63) is 154 Å². The van der Waals surface area contributed by atoms with E-state index >= 15 is 0 Å². The molecule has 0 aliphatic carbocycles. The average molecular weight is 715 g/mol. The van der Waals surface area contributed by atoms with Crippen LogP contribution < -0.4 is 9.91 Å². The van der Waals surface area contributed by atoms with E-state index in [2.05, 4.69) is 10.3 Å². The molecule has 1 unspecified atom stereocenters. The molecule has 0 spiro atoms. The molecule has 264 valence electrons. The molecule has 0 saturated carbocycles. The summed E-state index contributed by atoms with van der Waals surface area (Å²) in [5.41, 5.74) is 4.01. The second-order valence-electron chi connectivity index (χ2n) is 13.2. The van der Waals surface area contributed by atoms with E-state index < -0.39 is 17.4 Å². The molecule has 0 radical (unpaired) electrons. The summed E-state index contributed by atoms with van der Waals surface area (Å²) in [6.45, 7) is 2.43. The first kappa shape index (κ1) is 35.0. The van der Waals surface area contributed by atoms with Crippen molar-refractivity contribution in [3.63, 3.8) is 0 Å². The van der Waals surface area contributed by atoms with E-state index in [0.29, 0.717) is 53.5 Å². The smallest absolute Gasteiger partial charge is 0.264 e. The van der Waals surface area contributed by atoms with Crippen LogP contribution in [-0.2, 0) is 28.3 Å². The fraction of sp³-hybridized carbons (Fsp3) is 0.244. The van der Waals surface area contributed by atoms with Crippen molar-refractivity contribution in [2.75, 3.05) is 16.5 Å². The molecule has 10 nitrogen and oxygen atoms in total. The molecule has 0 saturated heterocycles. The Morgan fingerprint density at radius 3 is 2.48 bits per heavy atom. The summed E-state index contributed by atoms with van der Waals surface area (Å²) < 4.78 is 1.72. The fourth-order valence-corrected chi connectivity index (χ4v) is 7.09. The zero-order valence-corrected chi connectivity index (χ0v) is 29.5. The van der Waals surface area contributed by atoms with Crippen LogP contribution in [0.2, 0.25) is 5.02 Å². The minimum atomic E-state index is -1.85. The maximum atomic E-state index is 14.2. The van der Waals surface area contributed by atoms with Crippen LogP contribution in [0.1, 0.15) is 60.1 Å². The predicted molar refractivity (Wildman–Crippen MR) is 201 cm³/mol. The number of aromatic nitrogens is 3. The molecule has 7 rings (SSSR count). The quantitative estimate of drug-likeness (QED) is 0.140. The van der Waals surface area contributed by atoms with Crippen LogP contribution in [0, 0.1) is 5.92 Å². The number of nitrogens with zero attached hydrogens (tertiary/aromatic N) is 6. The Kier molecular flexibility index (Phi) is 10.1. The molecule has 2 N–H and O–H groups in total. The number of benzene rings is 4. The molecular formula is C41H39ClN6O4. The highest BCUT2D eigenvalue weighted by Gasteiger charge is 2.52. The number of hydrogen-bond acceptors (Lipinski definition) is 7. The molecule has 5 aromatic rings. The number of hydrogen-bond donors (Lipinski definition) is 2. The summed E-state index contributed by atoms with van der Waals surface area (Å²) in [7, 11) is 0. The van der Waals surface area contributed by atoms with Crippen LogP contribution in [0.4, 0.5) is 11.4 Å². The number of amides is 2. The van der Waals surface area contributed by atoms with Crippen molar-refractivity contribution in [1.82, 2.24) is 15.0 Å². The van der Waals surface area contributed by atoms with Gasteiger partial charge in [0.1, 0.15) is 0 Å². The second-order valence-corrected chi connectivity index (χ2v) is 13.6. The molecule has 3 atom stereocenters. The third-order valence-electron chi connectivity index (χ3n) is 9.77. The van der Waals surface area contributed by atoms with E-state index in [1.165, 1.54) is 5.01 Å². The number of halogens is 1. The number of carbonyl (C=O) groups excluding carboxylic acids is 2. The number of fused-ring (bicyclic) bond motifs is 1. The number of allylic oxidation sites excluding steroid dienone is 1. The van der Waals surface area contributed by atoms with Gasteiger partial charge in [0.15, 0.2) is 5.60 Å². The maximum Gasteiger partial charge on any atom is 0.264 e. The second kappa shape index (κ2) is 15.1. The lowest BCUT2D eigenvalue weighted by Gasteiger charge is -2.28. The monoisotopic (exact) mass is 714 g/mol. The number of aliphatic hydroxyl groups excluding tert-OH is 1. The lowest BCUT2D eigenvalue weighted by molar-refractivity contribution is -0.139. The van der Waals surface area contributed by atoms with Crippen molar-refractivity contribution in [2.24, 2.45) is 11.0 Å². The topological polar surface area (TPSA) is 124 Å². The summed E-state index contributed by atoms with van der Waals surface area (Å²) in [6.07, 6.45) is 7.08. The summed E-state index contributed by atoms with van der Waals surface area (Å²) >= 11 is 6.42. The van der Waals surface area contributed by atoms with Crippen LogP contribution in [0.3, 0.4) is 0 Å². The zero-order valence-electron chi connectivity index (χ0n) is 28.7. The Labute approximate surface area is 307 Å². The Bertz CT molecular complexity index is 2140. The number of rotatable bonds is 12. The molecule has 4 aromatic carbocycles. The van der Waals surface area contributed by atoms with Crippen molar-refractivity contribution in [1.29, 1.82) is 0 Å². The summed E-state index contributed by atoms with van der Waals surface area (Å²) in [5, 5.41) is 37.3. The van der Waals surface area contributed by atoms with E-state index in [-0.39, 0.29) is 25.0 Å². The Morgan fingerprint density at radius 1 is 0.942 bits per heavy atom. The SMILES string of the molecule is C[C@H](/C=C/CCn1cc(C(CO)c2ccccc2)nn1)[C@@]1(O)C(=O)N(Cc2cccc(N3N=C(c4ccccc4)CCC3=O)c2)c2ccc(Cl)cc21. The van der Waals surface area contributed by atoms with Crippen molar-refractivity contribution < 1.29 is 19.8 Å². The van der Waals surface area contributed by atoms with E-state index in [1.54, 1.807) is 27.8 Å². The number of aliphatic hydroxyl groups is 2. The molecule has 2 amide bonds. The average Bonchev–Trinajstić information content (AvgIpc) is 3.72.